The SMILES string of the molecule is Cc1ccccc1NC(=O)C(=CNCc1ccccc1)C(=O)Nc1ccccc1C. The molecule has 0 fully saturated rings. The average molecular weight is 399 g/mol. The van der Waals surface area contributed by atoms with Crippen LogP contribution in [0.1, 0.15) is 16.7 Å². The van der Waals surface area contributed by atoms with Gasteiger partial charge in [-0.2, -0.15) is 0 Å². The van der Waals surface area contributed by atoms with Crippen molar-refractivity contribution < 1.29 is 9.59 Å². The number of anilines is 2. The average Bonchev–Trinajstić information content (AvgIpc) is 2.75. The molecule has 0 atom stereocenters. The third kappa shape index (κ3) is 5.58. The molecule has 0 spiro atoms. The van der Waals surface area contributed by atoms with E-state index in [1.807, 2.05) is 92.7 Å². The third-order valence-electron chi connectivity index (χ3n) is 4.67. The van der Waals surface area contributed by atoms with Crippen LogP contribution in [-0.2, 0) is 16.1 Å². The molecule has 0 aliphatic carbocycles. The monoisotopic (exact) mass is 399 g/mol. The molecule has 5 heteroatoms. The highest BCUT2D eigenvalue weighted by atomic mass is 16.2. The molecule has 30 heavy (non-hydrogen) atoms. The zero-order valence-electron chi connectivity index (χ0n) is 17.1. The van der Waals surface area contributed by atoms with Crippen LogP contribution >= 0.6 is 0 Å². The topological polar surface area (TPSA) is 70.2 Å². The van der Waals surface area contributed by atoms with Crippen LogP contribution in [0.4, 0.5) is 11.4 Å². The van der Waals surface area contributed by atoms with Crippen LogP contribution in [-0.4, -0.2) is 11.8 Å². The highest BCUT2D eigenvalue weighted by Gasteiger charge is 2.20. The Kier molecular flexibility index (Phi) is 7.00. The van der Waals surface area contributed by atoms with E-state index in [1.165, 1.54) is 6.20 Å². The predicted octanol–water partition coefficient (Wildman–Crippen LogP) is 4.55. The molecule has 0 bridgehead atoms. The number of amides is 2. The molecule has 0 unspecified atom stereocenters. The number of hydrogen-bond acceptors (Lipinski definition) is 3. The molecule has 0 aliphatic rings. The fraction of sp³-hybridized carbons (Fsp3) is 0.120. The van der Waals surface area contributed by atoms with E-state index in [0.29, 0.717) is 17.9 Å². The molecule has 0 heterocycles. The lowest BCUT2D eigenvalue weighted by Gasteiger charge is -2.13. The molecule has 2 amide bonds. The molecule has 0 aromatic heterocycles. The van der Waals surface area contributed by atoms with Gasteiger partial charge in [0.1, 0.15) is 5.57 Å². The Morgan fingerprint density at radius 1 is 0.700 bits per heavy atom. The van der Waals surface area contributed by atoms with Crippen LogP contribution in [0.25, 0.3) is 0 Å². The van der Waals surface area contributed by atoms with Crippen molar-refractivity contribution in [3.63, 3.8) is 0 Å². The summed E-state index contributed by atoms with van der Waals surface area (Å²) >= 11 is 0. The number of rotatable bonds is 7. The number of nitrogens with one attached hydrogen (secondary N) is 3. The van der Waals surface area contributed by atoms with Gasteiger partial charge in [-0.05, 0) is 42.7 Å². The zero-order chi connectivity index (χ0) is 21.3. The van der Waals surface area contributed by atoms with Crippen molar-refractivity contribution in [1.29, 1.82) is 0 Å². The number of benzene rings is 3. The quantitative estimate of drug-likeness (QED) is 0.310. The maximum absolute atomic E-state index is 12.9. The van der Waals surface area contributed by atoms with Crippen molar-refractivity contribution in [2.45, 2.75) is 20.4 Å². The van der Waals surface area contributed by atoms with Crippen LogP contribution in [0.15, 0.2) is 90.6 Å². The van der Waals surface area contributed by atoms with Crippen LogP contribution in [0.3, 0.4) is 0 Å². The first-order valence-corrected chi connectivity index (χ1v) is 9.76. The Labute approximate surface area is 176 Å². The lowest BCUT2D eigenvalue weighted by molar-refractivity contribution is -0.118. The number of hydrogen-bond donors (Lipinski definition) is 3. The van der Waals surface area contributed by atoms with E-state index in [2.05, 4.69) is 16.0 Å². The third-order valence-corrected chi connectivity index (χ3v) is 4.67. The van der Waals surface area contributed by atoms with E-state index < -0.39 is 11.8 Å². The van der Waals surface area contributed by atoms with Gasteiger partial charge in [0.15, 0.2) is 0 Å². The van der Waals surface area contributed by atoms with Crippen molar-refractivity contribution in [1.82, 2.24) is 5.32 Å². The molecule has 3 rings (SSSR count). The fourth-order valence-electron chi connectivity index (χ4n) is 2.91. The minimum Gasteiger partial charge on any atom is -0.386 e. The maximum Gasteiger partial charge on any atom is 0.262 e. The second-order valence-electron chi connectivity index (χ2n) is 6.96. The van der Waals surface area contributed by atoms with Gasteiger partial charge >= 0.3 is 0 Å². The van der Waals surface area contributed by atoms with Gasteiger partial charge in [0.25, 0.3) is 11.8 Å². The highest BCUT2D eigenvalue weighted by molar-refractivity contribution is 6.26. The number of aryl methyl sites for hydroxylation is 2. The van der Waals surface area contributed by atoms with Gasteiger partial charge in [-0.3, -0.25) is 9.59 Å². The summed E-state index contributed by atoms with van der Waals surface area (Å²) in [4.78, 5) is 25.9. The van der Waals surface area contributed by atoms with Crippen molar-refractivity contribution in [2.75, 3.05) is 10.6 Å². The van der Waals surface area contributed by atoms with Gasteiger partial charge < -0.3 is 16.0 Å². The lowest BCUT2D eigenvalue weighted by Crippen LogP contribution is -2.27. The van der Waals surface area contributed by atoms with Gasteiger partial charge in [0, 0.05) is 24.1 Å². The summed E-state index contributed by atoms with van der Waals surface area (Å²) in [6, 6.07) is 24.7. The van der Waals surface area contributed by atoms with Gasteiger partial charge in [-0.1, -0.05) is 66.7 Å². The van der Waals surface area contributed by atoms with Gasteiger partial charge in [-0.15, -0.1) is 0 Å². The standard InChI is InChI=1S/C25H25N3O2/c1-18-10-6-8-14-22(18)27-24(29)21(17-26-16-20-12-4-3-5-13-20)25(30)28-23-15-9-7-11-19(23)2/h3-15,17,26H,16H2,1-2H3,(H,27,29)(H,28,30). The lowest BCUT2D eigenvalue weighted by atomic mass is 10.1. The molecular weight excluding hydrogens is 374 g/mol. The molecule has 152 valence electrons. The number of carbonyl (C=O) groups excluding carboxylic acids is 2. The summed E-state index contributed by atoms with van der Waals surface area (Å²) in [5.41, 5.74) is 4.22. The van der Waals surface area contributed by atoms with E-state index in [4.69, 9.17) is 0 Å². The number of para-hydroxylation sites is 2. The normalized spacial score (nSPS) is 10.1. The molecule has 3 aromatic carbocycles. The first-order chi connectivity index (χ1) is 14.5. The van der Waals surface area contributed by atoms with Gasteiger partial charge in [0.2, 0.25) is 0 Å². The smallest absolute Gasteiger partial charge is 0.262 e. The van der Waals surface area contributed by atoms with Crippen molar-refractivity contribution in [3.05, 3.63) is 107 Å². The Hall–Kier alpha value is -3.86. The zero-order valence-corrected chi connectivity index (χ0v) is 17.1. The molecule has 0 saturated heterocycles. The summed E-state index contributed by atoms with van der Waals surface area (Å²) in [6.45, 7) is 4.31. The van der Waals surface area contributed by atoms with E-state index >= 15 is 0 Å². The molecular formula is C25H25N3O2. The minimum atomic E-state index is -0.476. The van der Waals surface area contributed by atoms with Crippen LogP contribution in [0.5, 0.6) is 0 Å². The summed E-state index contributed by atoms with van der Waals surface area (Å²) in [7, 11) is 0. The van der Waals surface area contributed by atoms with E-state index in [1.54, 1.807) is 0 Å². The van der Waals surface area contributed by atoms with Crippen LogP contribution < -0.4 is 16.0 Å². The second-order valence-corrected chi connectivity index (χ2v) is 6.96. The van der Waals surface area contributed by atoms with Crippen molar-refractivity contribution in [2.24, 2.45) is 0 Å². The van der Waals surface area contributed by atoms with E-state index in [9.17, 15) is 9.59 Å². The molecule has 3 N–H and O–H groups in total. The van der Waals surface area contributed by atoms with Gasteiger partial charge in [-0.25, -0.2) is 0 Å². The number of carbonyl (C=O) groups is 2. The van der Waals surface area contributed by atoms with Crippen LogP contribution in [0, 0.1) is 13.8 Å². The Morgan fingerprint density at radius 3 is 1.67 bits per heavy atom. The molecule has 5 nitrogen and oxygen atoms in total. The first kappa shape index (κ1) is 20.9. The molecule has 0 saturated carbocycles. The highest BCUT2D eigenvalue weighted by Crippen LogP contribution is 2.17. The van der Waals surface area contributed by atoms with Crippen molar-refractivity contribution >= 4 is 23.2 Å². The minimum absolute atomic E-state index is 0.00237. The second kappa shape index (κ2) is 10.1. The molecule has 3 aromatic rings. The molecule has 0 aliphatic heterocycles. The maximum atomic E-state index is 12.9. The van der Waals surface area contributed by atoms with Crippen LogP contribution in [0.2, 0.25) is 0 Å². The van der Waals surface area contributed by atoms with E-state index in [-0.39, 0.29) is 5.57 Å². The summed E-state index contributed by atoms with van der Waals surface area (Å²) < 4.78 is 0. The Morgan fingerprint density at radius 2 is 1.17 bits per heavy atom. The molecule has 0 radical (unpaired) electrons. The van der Waals surface area contributed by atoms with Crippen molar-refractivity contribution in [3.8, 4) is 0 Å². The Balaban J connectivity index is 1.80. The predicted molar refractivity (Wildman–Crippen MR) is 121 cm³/mol. The van der Waals surface area contributed by atoms with E-state index in [0.717, 1.165) is 16.7 Å². The Bertz CT molecular complexity index is 997. The summed E-state index contributed by atoms with van der Waals surface area (Å²) in [5.74, 6) is -0.952. The van der Waals surface area contributed by atoms with Gasteiger partial charge in [0.05, 0.1) is 0 Å². The fourth-order valence-corrected chi connectivity index (χ4v) is 2.91. The largest absolute Gasteiger partial charge is 0.386 e. The summed E-state index contributed by atoms with van der Waals surface area (Å²) in [5, 5.41) is 8.75. The summed E-state index contributed by atoms with van der Waals surface area (Å²) in [6.07, 6.45) is 1.47. The first-order valence-electron chi connectivity index (χ1n) is 9.76.